The number of likely N-dealkylation sites (N-methyl/N-ethyl adjacent to an activating group) is 1. The fourth-order valence-electron chi connectivity index (χ4n) is 1.91. The van der Waals surface area contributed by atoms with E-state index in [9.17, 15) is 9.59 Å². The summed E-state index contributed by atoms with van der Waals surface area (Å²) in [5.41, 5.74) is 1.10. The van der Waals surface area contributed by atoms with Gasteiger partial charge in [-0.05, 0) is 35.6 Å². The number of hydrogen-bond acceptors (Lipinski definition) is 3. The van der Waals surface area contributed by atoms with E-state index < -0.39 is 5.97 Å². The van der Waals surface area contributed by atoms with Crippen molar-refractivity contribution in [2.75, 3.05) is 13.6 Å². The summed E-state index contributed by atoms with van der Waals surface area (Å²) in [6.07, 6.45) is 0.842. The molecule has 116 valence electrons. The van der Waals surface area contributed by atoms with Gasteiger partial charge in [0.05, 0.1) is 5.56 Å². The zero-order valence-corrected chi connectivity index (χ0v) is 13.1. The van der Waals surface area contributed by atoms with Crippen molar-refractivity contribution in [2.24, 2.45) is 0 Å². The summed E-state index contributed by atoms with van der Waals surface area (Å²) in [7, 11) is 1.76. The van der Waals surface area contributed by atoms with Gasteiger partial charge in [-0.1, -0.05) is 18.2 Å². The molecule has 2 amide bonds. The Balaban J connectivity index is 1.77. The third-order valence-electron chi connectivity index (χ3n) is 3.27. The van der Waals surface area contributed by atoms with Crippen molar-refractivity contribution in [3.8, 4) is 0 Å². The van der Waals surface area contributed by atoms with Crippen LogP contribution in [0.25, 0.3) is 0 Å². The summed E-state index contributed by atoms with van der Waals surface area (Å²) in [5.74, 6) is -0.955. The number of rotatable bonds is 6. The second-order valence-electron chi connectivity index (χ2n) is 4.91. The van der Waals surface area contributed by atoms with Crippen LogP contribution in [0.15, 0.2) is 41.8 Å². The number of urea groups is 1. The first-order valence-electron chi connectivity index (χ1n) is 6.90. The van der Waals surface area contributed by atoms with Crippen molar-refractivity contribution < 1.29 is 14.7 Å². The molecule has 0 aliphatic heterocycles. The fraction of sp³-hybridized carbons (Fsp3) is 0.250. The van der Waals surface area contributed by atoms with Gasteiger partial charge in [-0.3, -0.25) is 0 Å². The quantitative estimate of drug-likeness (QED) is 0.860. The highest BCUT2D eigenvalue weighted by atomic mass is 32.1. The Morgan fingerprint density at radius 1 is 1.23 bits per heavy atom. The minimum atomic E-state index is -0.955. The van der Waals surface area contributed by atoms with Gasteiger partial charge in [0.25, 0.3) is 0 Å². The van der Waals surface area contributed by atoms with Crippen molar-refractivity contribution in [3.63, 3.8) is 0 Å². The molecular formula is C16H18N2O3S. The number of carbonyl (C=O) groups excluding carboxylic acids is 1. The Kier molecular flexibility index (Phi) is 5.55. The number of carbonyl (C=O) groups is 2. The van der Waals surface area contributed by atoms with Crippen molar-refractivity contribution >= 4 is 23.3 Å². The average Bonchev–Trinajstić information content (AvgIpc) is 3.04. The van der Waals surface area contributed by atoms with Crippen LogP contribution in [-0.4, -0.2) is 35.6 Å². The zero-order chi connectivity index (χ0) is 15.9. The molecule has 0 spiro atoms. The minimum Gasteiger partial charge on any atom is -0.478 e. The number of carboxylic acid groups (broad SMARTS) is 1. The lowest BCUT2D eigenvalue weighted by Gasteiger charge is -2.17. The van der Waals surface area contributed by atoms with Crippen LogP contribution in [0.1, 0.15) is 20.8 Å². The van der Waals surface area contributed by atoms with Gasteiger partial charge < -0.3 is 15.3 Å². The number of hydrogen-bond donors (Lipinski definition) is 2. The first kappa shape index (κ1) is 16.0. The van der Waals surface area contributed by atoms with E-state index in [2.05, 4.69) is 11.4 Å². The highest BCUT2D eigenvalue weighted by Crippen LogP contribution is 2.09. The largest absolute Gasteiger partial charge is 0.478 e. The molecule has 0 bridgehead atoms. The maximum absolute atomic E-state index is 12.0. The van der Waals surface area contributed by atoms with E-state index in [1.165, 1.54) is 17.0 Å². The van der Waals surface area contributed by atoms with Crippen LogP contribution in [0.2, 0.25) is 0 Å². The van der Waals surface area contributed by atoms with Gasteiger partial charge in [-0.2, -0.15) is 0 Å². The highest BCUT2D eigenvalue weighted by molar-refractivity contribution is 7.09. The predicted octanol–water partition coefficient (Wildman–Crippen LogP) is 2.83. The average molecular weight is 318 g/mol. The number of carboxylic acids is 1. The molecule has 0 atom stereocenters. The molecule has 1 heterocycles. The highest BCUT2D eigenvalue weighted by Gasteiger charge is 2.08. The Bertz CT molecular complexity index is 623. The van der Waals surface area contributed by atoms with E-state index >= 15 is 0 Å². The summed E-state index contributed by atoms with van der Waals surface area (Å²) in [4.78, 5) is 25.6. The van der Waals surface area contributed by atoms with Gasteiger partial charge in [0.1, 0.15) is 0 Å². The molecule has 1 aromatic carbocycles. The molecular weight excluding hydrogens is 300 g/mol. The van der Waals surface area contributed by atoms with Crippen LogP contribution in [0.3, 0.4) is 0 Å². The van der Waals surface area contributed by atoms with Crippen LogP contribution in [0, 0.1) is 0 Å². The first-order valence-corrected chi connectivity index (χ1v) is 7.78. The Labute approximate surface area is 133 Å². The predicted molar refractivity (Wildman–Crippen MR) is 86.3 cm³/mol. The molecule has 22 heavy (non-hydrogen) atoms. The summed E-state index contributed by atoms with van der Waals surface area (Å²) >= 11 is 1.68. The third-order valence-corrected chi connectivity index (χ3v) is 4.20. The SMILES string of the molecule is CN(CCc1cccs1)C(=O)NCc1ccc(C(=O)O)cc1. The molecule has 0 saturated heterocycles. The number of aromatic carboxylic acids is 1. The minimum absolute atomic E-state index is 0.140. The third kappa shape index (κ3) is 4.60. The molecule has 0 fully saturated rings. The normalized spacial score (nSPS) is 10.2. The molecule has 0 unspecified atom stereocenters. The van der Waals surface area contributed by atoms with Crippen molar-refractivity contribution in [2.45, 2.75) is 13.0 Å². The van der Waals surface area contributed by atoms with Crippen LogP contribution in [0.5, 0.6) is 0 Å². The molecule has 2 N–H and O–H groups in total. The lowest BCUT2D eigenvalue weighted by molar-refractivity contribution is 0.0697. The maximum Gasteiger partial charge on any atom is 0.335 e. The standard InChI is InChI=1S/C16H18N2O3S/c1-18(9-8-14-3-2-10-22-14)16(21)17-11-12-4-6-13(7-5-12)15(19)20/h2-7,10H,8-9,11H2,1H3,(H,17,21)(H,19,20). The van der Waals surface area contributed by atoms with Crippen molar-refractivity contribution in [1.29, 1.82) is 0 Å². The molecule has 2 aromatic rings. The molecule has 5 nitrogen and oxygen atoms in total. The van der Waals surface area contributed by atoms with Crippen LogP contribution >= 0.6 is 11.3 Å². The van der Waals surface area contributed by atoms with Gasteiger partial charge in [0, 0.05) is 25.0 Å². The number of nitrogens with one attached hydrogen (secondary N) is 1. The molecule has 0 saturated carbocycles. The van der Waals surface area contributed by atoms with Gasteiger partial charge >= 0.3 is 12.0 Å². The number of amides is 2. The Morgan fingerprint density at radius 3 is 2.55 bits per heavy atom. The summed E-state index contributed by atoms with van der Waals surface area (Å²) < 4.78 is 0. The summed E-state index contributed by atoms with van der Waals surface area (Å²) in [5, 5.41) is 13.7. The van der Waals surface area contributed by atoms with E-state index in [0.717, 1.165) is 12.0 Å². The summed E-state index contributed by atoms with van der Waals surface area (Å²) in [6, 6.07) is 10.4. The van der Waals surface area contributed by atoms with Crippen molar-refractivity contribution in [1.82, 2.24) is 10.2 Å². The number of nitrogens with zero attached hydrogens (tertiary/aromatic N) is 1. The van der Waals surface area contributed by atoms with Gasteiger partial charge in [-0.25, -0.2) is 9.59 Å². The Morgan fingerprint density at radius 2 is 1.95 bits per heavy atom. The van der Waals surface area contributed by atoms with E-state index in [0.29, 0.717) is 13.1 Å². The molecule has 0 aliphatic rings. The zero-order valence-electron chi connectivity index (χ0n) is 12.3. The second kappa shape index (κ2) is 7.61. The smallest absolute Gasteiger partial charge is 0.335 e. The topological polar surface area (TPSA) is 69.6 Å². The number of benzene rings is 1. The number of thiophene rings is 1. The first-order chi connectivity index (χ1) is 10.6. The molecule has 6 heteroatoms. The van der Waals surface area contributed by atoms with E-state index in [4.69, 9.17) is 5.11 Å². The van der Waals surface area contributed by atoms with Gasteiger partial charge in [-0.15, -0.1) is 11.3 Å². The van der Waals surface area contributed by atoms with Crippen LogP contribution in [0.4, 0.5) is 4.79 Å². The Hall–Kier alpha value is -2.34. The van der Waals surface area contributed by atoms with E-state index in [1.807, 2.05) is 11.4 Å². The lowest BCUT2D eigenvalue weighted by atomic mass is 10.1. The monoisotopic (exact) mass is 318 g/mol. The fourth-order valence-corrected chi connectivity index (χ4v) is 2.61. The second-order valence-corrected chi connectivity index (χ2v) is 5.94. The molecule has 0 aliphatic carbocycles. The van der Waals surface area contributed by atoms with Crippen LogP contribution in [-0.2, 0) is 13.0 Å². The maximum atomic E-state index is 12.0. The summed E-state index contributed by atoms with van der Waals surface area (Å²) in [6.45, 7) is 1.03. The van der Waals surface area contributed by atoms with Gasteiger partial charge in [0.2, 0.25) is 0 Å². The lowest BCUT2D eigenvalue weighted by Crippen LogP contribution is -2.37. The molecule has 0 radical (unpaired) electrons. The van der Waals surface area contributed by atoms with Gasteiger partial charge in [0.15, 0.2) is 0 Å². The van der Waals surface area contributed by atoms with Crippen molar-refractivity contribution in [3.05, 3.63) is 57.8 Å². The van der Waals surface area contributed by atoms with E-state index in [1.54, 1.807) is 35.4 Å². The van der Waals surface area contributed by atoms with E-state index in [-0.39, 0.29) is 11.6 Å². The molecule has 2 rings (SSSR count). The molecule has 1 aromatic heterocycles. The van der Waals surface area contributed by atoms with Crippen LogP contribution < -0.4 is 5.32 Å².